The minimum Gasteiger partial charge on any atom is -0.760 e. The van der Waals surface area contributed by atoms with Gasteiger partial charge in [-0.2, -0.15) is 0 Å². The van der Waals surface area contributed by atoms with Crippen molar-refractivity contribution in [3.63, 3.8) is 0 Å². The Morgan fingerprint density at radius 1 is 0.495 bits per heavy atom. The first-order chi connectivity index (χ1) is 38.2. The summed E-state index contributed by atoms with van der Waals surface area (Å²) in [6, 6.07) is -3.37. The maximum Gasteiger partial charge on any atom is 1.00 e. The smallest absolute Gasteiger partial charge is 0.760 e. The molecule has 93 heavy (non-hydrogen) atoms. The molecule has 0 saturated carbocycles. The first-order valence-corrected chi connectivity index (χ1v) is 27.7. The number of ether oxygens (including phenoxy) is 6. The van der Waals surface area contributed by atoms with E-state index in [9.17, 15) is 109 Å². The quantitative estimate of drug-likeness (QED) is 0.0313. The predicted molar refractivity (Wildman–Crippen MR) is 256 cm³/mol. The molecule has 44 nitrogen and oxygen atoms in total. The zero-order valence-electron chi connectivity index (χ0n) is 50.6. The largest absolute Gasteiger partial charge is 1.00 e. The van der Waals surface area contributed by atoms with Crippen LogP contribution in [-0.4, -0.2) is 300 Å². The van der Waals surface area contributed by atoms with E-state index in [1.54, 1.807) is 0 Å². The molecule has 20 atom stereocenters. The summed E-state index contributed by atoms with van der Waals surface area (Å²) < 4.78 is 142. The Kier molecular flexibility index (Phi) is 74.0. The molecule has 6 aliphatic heterocycles. The maximum absolute atomic E-state index is 10.8. The molecule has 6 rings (SSSR count). The average Bonchev–Trinajstić information content (AvgIpc) is 3.36. The second-order valence-corrected chi connectivity index (χ2v) is 20.5. The molecule has 0 aromatic heterocycles. The first-order valence-electron chi connectivity index (χ1n) is 22.9. The number of rotatable bonds is 15. The molecule has 0 aliphatic carbocycles. The van der Waals surface area contributed by atoms with Gasteiger partial charge in [0.2, 0.25) is 26.7 Å². The summed E-state index contributed by atoms with van der Waals surface area (Å²) in [5.74, 6) is -6.21. The fourth-order valence-corrected chi connectivity index (χ4v) is 8.15. The van der Waals surface area contributed by atoms with Gasteiger partial charge in [0, 0.05) is 48.7 Å². The van der Waals surface area contributed by atoms with Crippen LogP contribution in [0.1, 0.15) is 26.2 Å². The van der Waals surface area contributed by atoms with E-state index in [0.29, 0.717) is 0 Å². The van der Waals surface area contributed by atoms with Crippen LogP contribution in [0.4, 0.5) is 0 Å². The summed E-state index contributed by atoms with van der Waals surface area (Å²) in [6.07, 6.45) is -15.1. The molecule has 0 spiro atoms. The molecule has 55 heteroatoms. The fraction of sp³-hybridized carbons (Fsp3) is 0.737. The van der Waals surface area contributed by atoms with E-state index in [0.717, 1.165) is 18.2 Å². The average molecular weight is 1510 g/mol. The Bertz CT molecular complexity index is 2260. The van der Waals surface area contributed by atoms with Crippen LogP contribution < -0.4 is 237 Å². The number of carboxylic acids is 3. The van der Waals surface area contributed by atoms with Crippen molar-refractivity contribution in [1.29, 1.82) is 0 Å². The van der Waals surface area contributed by atoms with Gasteiger partial charge in [-0.3, -0.25) is 21.6 Å². The summed E-state index contributed by atoms with van der Waals surface area (Å²) in [5.41, 5.74) is 0. The molecule has 508 valence electrons. The standard InChI is InChI=1S/C8H15NO8S.C6H13NO9S2.C6H13NO6S.3C6H8O5.7Na.3H2O/c1-4(10)9-7-6(11)2-5(17-8(7)12)3-16-18(13,14)15;8-4-1-3(2-15-18(12,13)14)16-6(9)5(4)7-17(10)11;8-2-3-1-4(9)5(6(10)13-3)7-14(11)12;3*7-3-1-5(6(9)10)11-2-4(3)8;;;;;;;;;;/h5-8,11-12H,2-3H2,1H3,(H,9,10)(H,13,14,15);3-9H,1-2H2,(H,10,11)(H,12,13,14);3-10H,1-2H2,(H,11,12);3*1,3-4,7-8H,2H2,(H,9,10);;;;;;;;3*1H2/q;;;;;;7*+1;;;/p-7/t5?,6-,7?,8?;2*3?,4-,5?,6?;3*3-,4?;;;;;;;;;;/m111110........../s1. The minimum atomic E-state index is -4.90. The van der Waals surface area contributed by atoms with E-state index in [-0.39, 0.29) is 269 Å². The molecule has 6 aliphatic rings. The van der Waals surface area contributed by atoms with E-state index in [2.05, 4.69) is 27.9 Å². The number of nitrogens with one attached hydrogen (secondary N) is 3. The van der Waals surface area contributed by atoms with Gasteiger partial charge in [-0.15, -0.1) is 0 Å². The van der Waals surface area contributed by atoms with Gasteiger partial charge in [-0.25, -0.2) is 26.3 Å². The van der Waals surface area contributed by atoms with Crippen LogP contribution in [-0.2, 0) is 99.3 Å². The molecule has 22 N–H and O–H groups in total. The van der Waals surface area contributed by atoms with Gasteiger partial charge in [0.15, 0.2) is 18.9 Å². The third-order valence-corrected chi connectivity index (χ3v) is 12.3. The van der Waals surface area contributed by atoms with Crippen LogP contribution >= 0.6 is 0 Å². The van der Waals surface area contributed by atoms with Gasteiger partial charge in [0.25, 0.3) is 0 Å². The number of carbonyl (C=O) groups is 4. The van der Waals surface area contributed by atoms with Gasteiger partial charge in [0.05, 0.1) is 68.5 Å². The van der Waals surface area contributed by atoms with Crippen molar-refractivity contribution in [2.24, 2.45) is 0 Å². The van der Waals surface area contributed by atoms with Gasteiger partial charge in [0.1, 0.15) is 97.7 Å². The van der Waals surface area contributed by atoms with Crippen molar-refractivity contribution in [3.8, 4) is 0 Å². The van der Waals surface area contributed by atoms with Crippen molar-refractivity contribution in [1.82, 2.24) is 14.8 Å². The summed E-state index contributed by atoms with van der Waals surface area (Å²) in [6.45, 7) is -1.07. The topological polar surface area (TPSA) is 800 Å². The van der Waals surface area contributed by atoms with Gasteiger partial charge in [-0.1, -0.05) is 0 Å². The monoisotopic (exact) mass is 1510 g/mol. The molecule has 0 aromatic rings. The minimum absolute atomic E-state index is 0. The van der Waals surface area contributed by atoms with E-state index >= 15 is 0 Å². The van der Waals surface area contributed by atoms with Crippen molar-refractivity contribution in [3.05, 3.63) is 35.5 Å². The van der Waals surface area contributed by atoms with Gasteiger partial charge in [-0.05, 0) is 18.2 Å². The number of carbonyl (C=O) groups excluding carboxylic acids is 4. The molecule has 14 unspecified atom stereocenters. The number of hydrogen-bond donors (Lipinski definition) is 16. The van der Waals surface area contributed by atoms with E-state index in [4.69, 9.17) is 50.0 Å². The van der Waals surface area contributed by atoms with Crippen LogP contribution in [0.5, 0.6) is 0 Å². The number of carboxylic acid groups (broad SMARTS) is 3. The zero-order chi connectivity index (χ0) is 63.9. The number of aliphatic carboxylic acids is 3. The van der Waals surface area contributed by atoms with E-state index < -0.39 is 208 Å². The number of aliphatic hydroxyl groups excluding tert-OH is 13. The molecule has 1 amide bonds. The van der Waals surface area contributed by atoms with Gasteiger partial charge < -0.3 is 164 Å². The molecule has 0 aromatic carbocycles. The zero-order valence-corrected chi connectivity index (χ0v) is 67.9. The summed E-state index contributed by atoms with van der Waals surface area (Å²) in [4.78, 5) is 41.1. The number of aliphatic hydroxyl groups is 13. The van der Waals surface area contributed by atoms with E-state index in [1.165, 1.54) is 6.92 Å². The predicted octanol–water partition coefficient (Wildman–Crippen LogP) is -40.0. The molecule has 0 radical (unpaired) electrons. The summed E-state index contributed by atoms with van der Waals surface area (Å²) in [5, 5.41) is 151. The Morgan fingerprint density at radius 2 is 0.742 bits per heavy atom. The fourth-order valence-electron chi connectivity index (χ4n) is 6.52. The van der Waals surface area contributed by atoms with Crippen molar-refractivity contribution in [2.75, 3.05) is 39.6 Å². The molecule has 6 heterocycles. The third-order valence-electron chi connectivity index (χ3n) is 10.5. The Balaban J connectivity index is -0.000000110. The number of hydrogen-bond acceptors (Lipinski definition) is 38. The van der Waals surface area contributed by atoms with Crippen LogP contribution in [0.2, 0.25) is 0 Å². The van der Waals surface area contributed by atoms with Crippen LogP contribution in [0.15, 0.2) is 35.5 Å². The van der Waals surface area contributed by atoms with Crippen molar-refractivity contribution in [2.45, 2.75) is 136 Å². The summed E-state index contributed by atoms with van der Waals surface area (Å²) in [7, 11) is -9.75. The Labute approximate surface area is 688 Å². The van der Waals surface area contributed by atoms with Crippen LogP contribution in [0.25, 0.3) is 0 Å². The molecular weight excluding hydrogens is 1440 g/mol. The molecular formula is C38H64N3Na7O41S4. The number of amides is 1. The van der Waals surface area contributed by atoms with Crippen molar-refractivity contribution < 1.29 is 404 Å². The van der Waals surface area contributed by atoms with Crippen LogP contribution in [0, 0.1) is 0 Å². The van der Waals surface area contributed by atoms with Crippen LogP contribution in [0.3, 0.4) is 0 Å². The Hall–Kier alpha value is 2.62. The second kappa shape index (κ2) is 58.9. The molecule has 3 fully saturated rings. The summed E-state index contributed by atoms with van der Waals surface area (Å²) >= 11 is -5.29. The third kappa shape index (κ3) is 49.8. The SMILES string of the molecule is CC(=O)NC1C(O)OC(COS(=O)(=O)[O-])C[C@H]1O.O.O.O.O=C([O-])C1=C[C@@H](O)C(O)CO1.O=C([O-])C1=C[C@@H](O)C(O)CO1.O=C([O-])C1=C[C@H](O)C(O)CO1.O=S([O-])NC1C(O)OC(CO)C[C@H]1O.O=S([O-])NC1C(O)OC(COS(=O)(=O)[O-])C[C@H]1O.[Na+].[Na+].[Na+].[Na+].[Na+].[Na+].[Na+]. The maximum atomic E-state index is 10.8. The molecule has 3 saturated heterocycles. The first kappa shape index (κ1) is 117. The Morgan fingerprint density at radius 3 is 0.946 bits per heavy atom. The second-order valence-electron chi connectivity index (χ2n) is 17.0. The molecule has 0 bridgehead atoms. The normalized spacial score (nSPS) is 30.2. The van der Waals surface area contributed by atoms with E-state index in [1.807, 2.05) is 9.44 Å². The van der Waals surface area contributed by atoms with Crippen molar-refractivity contribution >= 4 is 67.1 Å². The van der Waals surface area contributed by atoms with Gasteiger partial charge >= 0.3 is 207 Å².